The second-order valence-corrected chi connectivity index (χ2v) is 6.04. The van der Waals surface area contributed by atoms with E-state index in [2.05, 4.69) is 13.8 Å². The van der Waals surface area contributed by atoms with Gasteiger partial charge >= 0.3 is 0 Å². The van der Waals surface area contributed by atoms with Gasteiger partial charge in [0.2, 0.25) is 0 Å². The third-order valence-corrected chi connectivity index (χ3v) is 4.79. The fourth-order valence-electron chi connectivity index (χ4n) is 3.51. The molecule has 2 fully saturated rings. The molecule has 0 amide bonds. The minimum atomic E-state index is 0. The van der Waals surface area contributed by atoms with E-state index in [0.29, 0.717) is 0 Å². The summed E-state index contributed by atoms with van der Waals surface area (Å²) in [5, 5.41) is 0. The number of hydrogen-bond donors (Lipinski definition) is 0. The lowest BCUT2D eigenvalue weighted by Gasteiger charge is -2.36. The maximum absolute atomic E-state index is 2.43. The van der Waals surface area contributed by atoms with Crippen molar-refractivity contribution in [2.45, 2.75) is 65.2 Å². The Bertz CT molecular complexity index is 148. The summed E-state index contributed by atoms with van der Waals surface area (Å²) in [6.07, 6.45) is 12.2. The van der Waals surface area contributed by atoms with Crippen molar-refractivity contribution >= 4 is 0 Å². The van der Waals surface area contributed by atoms with Crippen LogP contribution in [0.1, 0.15) is 66.6 Å². The SMILES string of the molecule is CC1CCC(C2CCC(C)CC2)CC1.O.[HH]. The molecular formula is C14H30O. The van der Waals surface area contributed by atoms with Crippen molar-refractivity contribution in [1.82, 2.24) is 0 Å². The zero-order chi connectivity index (χ0) is 9.97. The zero-order valence-corrected chi connectivity index (χ0v) is 10.5. The van der Waals surface area contributed by atoms with Gasteiger partial charge in [-0.2, -0.15) is 0 Å². The molecule has 0 aromatic carbocycles. The lowest BCUT2D eigenvalue weighted by molar-refractivity contribution is 0.155. The summed E-state index contributed by atoms with van der Waals surface area (Å²) in [5.41, 5.74) is 0. The van der Waals surface area contributed by atoms with E-state index < -0.39 is 0 Å². The van der Waals surface area contributed by atoms with Crippen molar-refractivity contribution in [1.29, 1.82) is 0 Å². The van der Waals surface area contributed by atoms with Gasteiger partial charge in [0.1, 0.15) is 0 Å². The minimum absolute atomic E-state index is 0. The Labute approximate surface area is 96.4 Å². The zero-order valence-electron chi connectivity index (χ0n) is 10.5. The van der Waals surface area contributed by atoms with Crippen LogP contribution in [0, 0.1) is 23.7 Å². The third-order valence-electron chi connectivity index (χ3n) is 4.79. The summed E-state index contributed by atoms with van der Waals surface area (Å²) >= 11 is 0. The van der Waals surface area contributed by atoms with E-state index in [1.807, 2.05) is 0 Å². The molecule has 0 saturated heterocycles. The van der Waals surface area contributed by atoms with Gasteiger partial charge < -0.3 is 5.48 Å². The van der Waals surface area contributed by atoms with Crippen LogP contribution in [0.5, 0.6) is 0 Å². The van der Waals surface area contributed by atoms with Gasteiger partial charge in [0, 0.05) is 1.43 Å². The Hall–Kier alpha value is -0.0400. The Balaban J connectivity index is 0.00000112. The molecule has 0 spiro atoms. The van der Waals surface area contributed by atoms with Gasteiger partial charge in [-0.25, -0.2) is 0 Å². The van der Waals surface area contributed by atoms with Crippen molar-refractivity contribution in [2.24, 2.45) is 23.7 Å². The van der Waals surface area contributed by atoms with Crippen molar-refractivity contribution in [2.75, 3.05) is 0 Å². The van der Waals surface area contributed by atoms with Crippen LogP contribution in [-0.2, 0) is 0 Å². The highest BCUT2D eigenvalue weighted by Gasteiger charge is 2.28. The fourth-order valence-corrected chi connectivity index (χ4v) is 3.51. The summed E-state index contributed by atoms with van der Waals surface area (Å²) in [7, 11) is 0. The van der Waals surface area contributed by atoms with Crippen molar-refractivity contribution in [3.63, 3.8) is 0 Å². The quantitative estimate of drug-likeness (QED) is 0.630. The summed E-state index contributed by atoms with van der Waals surface area (Å²) in [5.74, 6) is 4.26. The highest BCUT2D eigenvalue weighted by atomic mass is 16.0. The van der Waals surface area contributed by atoms with Gasteiger partial charge in [-0.3, -0.25) is 0 Å². The smallest absolute Gasteiger partial charge is 0 e. The molecule has 0 heterocycles. The molecule has 2 aliphatic rings. The van der Waals surface area contributed by atoms with Crippen LogP contribution in [-0.4, -0.2) is 5.48 Å². The molecule has 15 heavy (non-hydrogen) atoms. The molecule has 1 nitrogen and oxygen atoms in total. The van der Waals surface area contributed by atoms with Gasteiger partial charge in [0.25, 0.3) is 0 Å². The highest BCUT2D eigenvalue weighted by Crippen LogP contribution is 2.40. The van der Waals surface area contributed by atoms with E-state index in [1.165, 1.54) is 25.7 Å². The van der Waals surface area contributed by atoms with Crippen LogP contribution in [0.3, 0.4) is 0 Å². The van der Waals surface area contributed by atoms with Crippen molar-refractivity contribution < 1.29 is 6.90 Å². The van der Waals surface area contributed by atoms with E-state index in [4.69, 9.17) is 0 Å². The Kier molecular flexibility index (Phi) is 5.11. The summed E-state index contributed by atoms with van der Waals surface area (Å²) in [4.78, 5) is 0. The maximum atomic E-state index is 2.43. The van der Waals surface area contributed by atoms with E-state index in [9.17, 15) is 0 Å². The lowest BCUT2D eigenvalue weighted by atomic mass is 9.70. The predicted octanol–water partition coefficient (Wildman–Crippen LogP) is 4.06. The topological polar surface area (TPSA) is 31.5 Å². The number of hydrogen-bond acceptors (Lipinski definition) is 0. The number of rotatable bonds is 1. The molecular weight excluding hydrogens is 184 g/mol. The molecule has 0 unspecified atom stereocenters. The van der Waals surface area contributed by atoms with Crippen LogP contribution >= 0.6 is 0 Å². The molecule has 1 heteroatoms. The van der Waals surface area contributed by atoms with Gasteiger partial charge in [-0.05, 0) is 49.4 Å². The molecule has 0 atom stereocenters. The van der Waals surface area contributed by atoms with Crippen LogP contribution in [0.4, 0.5) is 0 Å². The third kappa shape index (κ3) is 3.48. The summed E-state index contributed by atoms with van der Waals surface area (Å²) in [6, 6.07) is 0. The Morgan fingerprint density at radius 1 is 0.600 bits per heavy atom. The van der Waals surface area contributed by atoms with Gasteiger partial charge in [0.05, 0.1) is 0 Å². The molecule has 2 N–H and O–H groups in total. The highest BCUT2D eigenvalue weighted by molar-refractivity contribution is 4.80. The lowest BCUT2D eigenvalue weighted by Crippen LogP contribution is -2.24. The first kappa shape index (κ1) is 13.0. The van der Waals surface area contributed by atoms with Crippen molar-refractivity contribution in [3.05, 3.63) is 0 Å². The van der Waals surface area contributed by atoms with Crippen LogP contribution in [0.2, 0.25) is 0 Å². The Morgan fingerprint density at radius 3 is 1.13 bits per heavy atom. The molecule has 0 radical (unpaired) electrons. The molecule has 2 aliphatic carbocycles. The molecule has 0 aromatic heterocycles. The van der Waals surface area contributed by atoms with Crippen LogP contribution in [0.25, 0.3) is 0 Å². The first-order valence-corrected chi connectivity index (χ1v) is 6.75. The van der Waals surface area contributed by atoms with E-state index in [-0.39, 0.29) is 6.90 Å². The average molecular weight is 214 g/mol. The molecule has 0 aliphatic heterocycles. The van der Waals surface area contributed by atoms with Gasteiger partial charge in [-0.15, -0.1) is 0 Å². The fraction of sp³-hybridized carbons (Fsp3) is 1.00. The normalized spacial score (nSPS) is 42.0. The second-order valence-electron chi connectivity index (χ2n) is 6.04. The van der Waals surface area contributed by atoms with Gasteiger partial charge in [-0.1, -0.05) is 39.5 Å². The first-order chi connectivity index (χ1) is 6.75. The first-order valence-electron chi connectivity index (χ1n) is 6.75. The predicted molar refractivity (Wildman–Crippen MR) is 68.0 cm³/mol. The monoisotopic (exact) mass is 214 g/mol. The van der Waals surface area contributed by atoms with Crippen LogP contribution < -0.4 is 0 Å². The van der Waals surface area contributed by atoms with Crippen molar-refractivity contribution in [3.8, 4) is 0 Å². The Morgan fingerprint density at radius 2 is 0.867 bits per heavy atom. The standard InChI is InChI=1S/C14H26.H2O.H2/c1-11-3-7-13(8-4-11)14-9-5-12(2)6-10-14;;/h11-14H,3-10H2,1-2H3;1H2;1H. The minimum Gasteiger partial charge on any atom is -0.412 e. The van der Waals surface area contributed by atoms with Crippen LogP contribution in [0.15, 0.2) is 0 Å². The van der Waals surface area contributed by atoms with E-state index >= 15 is 0 Å². The molecule has 2 saturated carbocycles. The molecule has 0 aromatic rings. The molecule has 0 bridgehead atoms. The van der Waals surface area contributed by atoms with Gasteiger partial charge in [0.15, 0.2) is 0 Å². The van der Waals surface area contributed by atoms with E-state index in [0.717, 1.165) is 23.7 Å². The summed E-state index contributed by atoms with van der Waals surface area (Å²) < 4.78 is 0. The maximum Gasteiger partial charge on any atom is 0 e. The second kappa shape index (κ2) is 5.89. The largest absolute Gasteiger partial charge is 0.412 e. The summed E-state index contributed by atoms with van der Waals surface area (Å²) in [6.45, 7) is 4.86. The molecule has 2 rings (SSSR count). The average Bonchev–Trinajstić information content (AvgIpc) is 2.21. The molecule has 92 valence electrons. The van der Waals surface area contributed by atoms with E-state index in [1.54, 1.807) is 25.7 Å².